The van der Waals surface area contributed by atoms with Crippen molar-refractivity contribution in [3.63, 3.8) is 0 Å². The summed E-state index contributed by atoms with van der Waals surface area (Å²) in [5, 5.41) is 1.32. The van der Waals surface area contributed by atoms with Crippen molar-refractivity contribution < 1.29 is 9.53 Å². The van der Waals surface area contributed by atoms with Gasteiger partial charge in [-0.05, 0) is 44.0 Å². The fraction of sp³-hybridized carbons (Fsp3) is 0.533. The molecule has 0 amide bonds. The second-order valence-corrected chi connectivity index (χ2v) is 5.91. The first kappa shape index (κ1) is 15.6. The van der Waals surface area contributed by atoms with Crippen molar-refractivity contribution >= 4 is 29.2 Å². The van der Waals surface area contributed by atoms with Crippen LogP contribution in [-0.4, -0.2) is 30.6 Å². The highest BCUT2D eigenvalue weighted by atomic mass is 35.5. The lowest BCUT2D eigenvalue weighted by molar-refractivity contribution is -0.150. The molecule has 1 aromatic rings. The number of carbonyl (C=O) groups is 1. The third-order valence-electron chi connectivity index (χ3n) is 3.53. The zero-order chi connectivity index (χ0) is 14.5. The Hall–Kier alpha value is -0.770. The fourth-order valence-electron chi connectivity index (χ4n) is 2.54. The molecule has 2 rings (SSSR count). The van der Waals surface area contributed by atoms with Crippen molar-refractivity contribution in [3.05, 3.63) is 33.8 Å². The maximum absolute atomic E-state index is 11.8. The predicted molar refractivity (Wildman–Crippen MR) is 81.1 cm³/mol. The van der Waals surface area contributed by atoms with E-state index < -0.39 is 0 Å². The average molecular weight is 316 g/mol. The molecular weight excluding hydrogens is 297 g/mol. The molecule has 1 aliphatic heterocycles. The van der Waals surface area contributed by atoms with Gasteiger partial charge in [0.15, 0.2) is 0 Å². The molecule has 1 saturated heterocycles. The minimum atomic E-state index is -0.0839. The summed E-state index contributed by atoms with van der Waals surface area (Å²) < 4.78 is 5.11. The van der Waals surface area contributed by atoms with E-state index in [1.807, 2.05) is 19.1 Å². The number of ether oxygens (including phenoxy) is 1. The molecular formula is C15H19Cl2NO2. The molecule has 0 unspecified atom stereocenters. The Kier molecular flexibility index (Phi) is 5.70. The van der Waals surface area contributed by atoms with Crippen molar-refractivity contribution in [3.8, 4) is 0 Å². The van der Waals surface area contributed by atoms with Crippen LogP contribution < -0.4 is 0 Å². The number of hydrogen-bond acceptors (Lipinski definition) is 3. The van der Waals surface area contributed by atoms with Crippen LogP contribution in [0.15, 0.2) is 18.2 Å². The van der Waals surface area contributed by atoms with Crippen molar-refractivity contribution in [2.24, 2.45) is 5.92 Å². The van der Waals surface area contributed by atoms with E-state index in [0.29, 0.717) is 16.7 Å². The third kappa shape index (κ3) is 4.11. The molecule has 0 aromatic heterocycles. The van der Waals surface area contributed by atoms with E-state index in [2.05, 4.69) is 4.90 Å². The number of likely N-dealkylation sites (tertiary alicyclic amines) is 1. The van der Waals surface area contributed by atoms with Gasteiger partial charge in [0.1, 0.15) is 0 Å². The van der Waals surface area contributed by atoms with E-state index in [1.54, 1.807) is 6.07 Å². The van der Waals surface area contributed by atoms with Gasteiger partial charge in [0, 0.05) is 23.1 Å². The molecule has 0 radical (unpaired) electrons. The smallest absolute Gasteiger partial charge is 0.310 e. The predicted octanol–water partition coefficient (Wildman–Crippen LogP) is 3.77. The van der Waals surface area contributed by atoms with Crippen LogP contribution in [0.5, 0.6) is 0 Å². The number of piperidine rings is 1. The number of nitrogens with zero attached hydrogens (tertiary/aromatic N) is 1. The SMILES string of the molecule is CCOC(=O)[C@H]1CCCN(Cc2ccc(Cl)cc2Cl)C1. The van der Waals surface area contributed by atoms with E-state index >= 15 is 0 Å². The summed E-state index contributed by atoms with van der Waals surface area (Å²) in [6.45, 7) is 4.74. The van der Waals surface area contributed by atoms with Gasteiger partial charge < -0.3 is 4.74 Å². The molecule has 0 bridgehead atoms. The molecule has 0 N–H and O–H groups in total. The molecule has 20 heavy (non-hydrogen) atoms. The molecule has 3 nitrogen and oxygen atoms in total. The van der Waals surface area contributed by atoms with Crippen LogP contribution in [0.2, 0.25) is 10.0 Å². The van der Waals surface area contributed by atoms with Gasteiger partial charge in [-0.1, -0.05) is 29.3 Å². The van der Waals surface area contributed by atoms with E-state index in [4.69, 9.17) is 27.9 Å². The Morgan fingerprint density at radius 3 is 2.95 bits per heavy atom. The zero-order valence-electron chi connectivity index (χ0n) is 11.6. The largest absolute Gasteiger partial charge is 0.466 e. The van der Waals surface area contributed by atoms with Crippen LogP contribution in [0, 0.1) is 5.92 Å². The summed E-state index contributed by atoms with van der Waals surface area (Å²) in [5.41, 5.74) is 1.04. The average Bonchev–Trinajstić information content (AvgIpc) is 2.43. The van der Waals surface area contributed by atoms with Crippen LogP contribution in [-0.2, 0) is 16.1 Å². The molecule has 1 aliphatic rings. The quantitative estimate of drug-likeness (QED) is 0.792. The van der Waals surface area contributed by atoms with Gasteiger partial charge in [-0.2, -0.15) is 0 Å². The van der Waals surface area contributed by atoms with Crippen LogP contribution >= 0.6 is 23.2 Å². The lowest BCUT2D eigenvalue weighted by Gasteiger charge is -2.31. The molecule has 1 atom stereocenters. The van der Waals surface area contributed by atoms with Gasteiger partial charge in [-0.15, -0.1) is 0 Å². The minimum absolute atomic E-state index is 0.0187. The summed E-state index contributed by atoms with van der Waals surface area (Å²) in [6, 6.07) is 5.54. The Morgan fingerprint density at radius 2 is 2.25 bits per heavy atom. The Bertz CT molecular complexity index is 479. The van der Waals surface area contributed by atoms with E-state index in [9.17, 15) is 4.79 Å². The highest BCUT2D eigenvalue weighted by Crippen LogP contribution is 2.25. The first-order chi connectivity index (χ1) is 9.60. The standard InChI is InChI=1S/C15H19Cl2NO2/c1-2-20-15(19)12-4-3-7-18(10-12)9-11-5-6-13(16)8-14(11)17/h5-6,8,12H,2-4,7,9-10H2,1H3/t12-/m0/s1. The first-order valence-electron chi connectivity index (χ1n) is 6.93. The maximum atomic E-state index is 11.8. The lowest BCUT2D eigenvalue weighted by Crippen LogP contribution is -2.38. The fourth-order valence-corrected chi connectivity index (χ4v) is 3.01. The maximum Gasteiger partial charge on any atom is 0.310 e. The number of esters is 1. The van der Waals surface area contributed by atoms with Crippen molar-refractivity contribution in [1.29, 1.82) is 0 Å². The highest BCUT2D eigenvalue weighted by molar-refractivity contribution is 6.35. The number of benzene rings is 1. The van der Waals surface area contributed by atoms with Crippen LogP contribution in [0.4, 0.5) is 0 Å². The van der Waals surface area contributed by atoms with E-state index in [-0.39, 0.29) is 11.9 Å². The second kappa shape index (κ2) is 7.30. The van der Waals surface area contributed by atoms with Crippen LogP contribution in [0.25, 0.3) is 0 Å². The van der Waals surface area contributed by atoms with Crippen LogP contribution in [0.1, 0.15) is 25.3 Å². The van der Waals surface area contributed by atoms with Gasteiger partial charge in [0.05, 0.1) is 12.5 Å². The highest BCUT2D eigenvalue weighted by Gasteiger charge is 2.26. The summed E-state index contributed by atoms with van der Waals surface area (Å²) in [5.74, 6) is -0.103. The molecule has 1 heterocycles. The van der Waals surface area contributed by atoms with Crippen LogP contribution in [0.3, 0.4) is 0 Å². The van der Waals surface area contributed by atoms with Crippen molar-refractivity contribution in [1.82, 2.24) is 4.90 Å². The number of rotatable bonds is 4. The van der Waals surface area contributed by atoms with E-state index in [0.717, 1.165) is 38.0 Å². The lowest BCUT2D eigenvalue weighted by atomic mass is 9.98. The van der Waals surface area contributed by atoms with Gasteiger partial charge >= 0.3 is 5.97 Å². The molecule has 5 heteroatoms. The summed E-state index contributed by atoms with van der Waals surface area (Å²) in [7, 11) is 0. The second-order valence-electron chi connectivity index (χ2n) is 5.06. The number of hydrogen-bond donors (Lipinski definition) is 0. The Morgan fingerprint density at radius 1 is 1.45 bits per heavy atom. The van der Waals surface area contributed by atoms with E-state index in [1.165, 1.54) is 0 Å². The number of carbonyl (C=O) groups excluding carboxylic acids is 1. The van der Waals surface area contributed by atoms with Gasteiger partial charge in [0.2, 0.25) is 0 Å². The topological polar surface area (TPSA) is 29.5 Å². The zero-order valence-corrected chi connectivity index (χ0v) is 13.1. The molecule has 1 aromatic carbocycles. The third-order valence-corrected chi connectivity index (χ3v) is 4.12. The van der Waals surface area contributed by atoms with Gasteiger partial charge in [-0.3, -0.25) is 9.69 Å². The molecule has 110 valence electrons. The molecule has 0 aliphatic carbocycles. The summed E-state index contributed by atoms with van der Waals surface area (Å²) in [6.07, 6.45) is 1.92. The molecule has 0 saturated carbocycles. The summed E-state index contributed by atoms with van der Waals surface area (Å²) >= 11 is 12.1. The minimum Gasteiger partial charge on any atom is -0.466 e. The first-order valence-corrected chi connectivity index (χ1v) is 7.68. The molecule has 0 spiro atoms. The monoisotopic (exact) mass is 315 g/mol. The van der Waals surface area contributed by atoms with Crippen molar-refractivity contribution in [2.75, 3.05) is 19.7 Å². The Balaban J connectivity index is 1.97. The normalized spacial score (nSPS) is 19.9. The summed E-state index contributed by atoms with van der Waals surface area (Å²) in [4.78, 5) is 14.1. The van der Waals surface area contributed by atoms with Gasteiger partial charge in [-0.25, -0.2) is 0 Å². The number of halogens is 2. The molecule has 1 fully saturated rings. The van der Waals surface area contributed by atoms with Gasteiger partial charge in [0.25, 0.3) is 0 Å². The Labute approximate surface area is 129 Å². The van der Waals surface area contributed by atoms with Crippen molar-refractivity contribution in [2.45, 2.75) is 26.3 Å².